The Morgan fingerprint density at radius 1 is 1.28 bits per heavy atom. The minimum absolute atomic E-state index is 0.182. The van der Waals surface area contributed by atoms with Crippen LogP contribution >= 0.6 is 0 Å². The van der Waals surface area contributed by atoms with Crippen LogP contribution in [0, 0.1) is 0 Å². The summed E-state index contributed by atoms with van der Waals surface area (Å²) < 4.78 is 5.10. The molecule has 1 atom stereocenters. The highest BCUT2D eigenvalue weighted by atomic mass is 16.5. The third kappa shape index (κ3) is 3.99. The maximum absolute atomic E-state index is 12.5. The highest BCUT2D eigenvalue weighted by Crippen LogP contribution is 2.23. The summed E-state index contributed by atoms with van der Waals surface area (Å²) in [7, 11) is 0. The molecular weight excluding hydrogens is 322 g/mol. The molecule has 0 radical (unpaired) electrons. The minimum atomic E-state index is -1.02. The molecule has 7 heteroatoms. The number of carboxylic acids is 1. The van der Waals surface area contributed by atoms with Gasteiger partial charge in [-0.2, -0.15) is 5.10 Å². The second-order valence-electron chi connectivity index (χ2n) is 6.18. The largest absolute Gasteiger partial charge is 0.482 e. The zero-order chi connectivity index (χ0) is 17.8. The summed E-state index contributed by atoms with van der Waals surface area (Å²) in [5, 5.41) is 18.7. The zero-order valence-corrected chi connectivity index (χ0v) is 14.0. The number of carboxylic acid groups (broad SMARTS) is 1. The normalized spacial score (nSPS) is 14.4. The van der Waals surface area contributed by atoms with Crippen LogP contribution in [0.1, 0.15) is 53.1 Å². The van der Waals surface area contributed by atoms with Crippen LogP contribution in [-0.4, -0.2) is 33.8 Å². The van der Waals surface area contributed by atoms with E-state index in [1.807, 2.05) is 19.1 Å². The molecule has 1 aromatic carbocycles. The third-order valence-corrected chi connectivity index (χ3v) is 4.36. The lowest BCUT2D eigenvalue weighted by Crippen LogP contribution is -2.28. The molecule has 25 heavy (non-hydrogen) atoms. The maximum atomic E-state index is 12.5. The smallest absolute Gasteiger partial charge is 0.341 e. The number of aromatic nitrogens is 2. The van der Waals surface area contributed by atoms with Crippen molar-refractivity contribution in [3.63, 3.8) is 0 Å². The average Bonchev–Trinajstić information content (AvgIpc) is 3.04. The summed E-state index contributed by atoms with van der Waals surface area (Å²) >= 11 is 0. The van der Waals surface area contributed by atoms with Gasteiger partial charge in [0.25, 0.3) is 5.91 Å². The molecule has 132 valence electrons. The van der Waals surface area contributed by atoms with Crippen LogP contribution in [0.2, 0.25) is 0 Å². The number of benzene rings is 1. The maximum Gasteiger partial charge on any atom is 0.341 e. The fourth-order valence-electron chi connectivity index (χ4n) is 3.01. The molecule has 0 fully saturated rings. The van der Waals surface area contributed by atoms with E-state index in [4.69, 9.17) is 9.84 Å². The second-order valence-corrected chi connectivity index (χ2v) is 6.18. The van der Waals surface area contributed by atoms with Gasteiger partial charge in [0.1, 0.15) is 5.75 Å². The van der Waals surface area contributed by atoms with Gasteiger partial charge in [-0.25, -0.2) is 4.79 Å². The molecule has 3 N–H and O–H groups in total. The first-order valence-corrected chi connectivity index (χ1v) is 8.36. The van der Waals surface area contributed by atoms with E-state index >= 15 is 0 Å². The Balaban J connectivity index is 1.63. The van der Waals surface area contributed by atoms with E-state index in [0.717, 1.165) is 42.5 Å². The van der Waals surface area contributed by atoms with Gasteiger partial charge in [-0.3, -0.25) is 9.89 Å². The quantitative estimate of drug-likeness (QED) is 0.746. The van der Waals surface area contributed by atoms with Crippen LogP contribution in [0.25, 0.3) is 0 Å². The van der Waals surface area contributed by atoms with E-state index in [2.05, 4.69) is 15.5 Å². The molecule has 1 amide bonds. The van der Waals surface area contributed by atoms with Gasteiger partial charge >= 0.3 is 5.97 Å². The fraction of sp³-hybridized carbons (Fsp3) is 0.389. The number of aliphatic carboxylic acids is 1. The van der Waals surface area contributed by atoms with E-state index in [9.17, 15) is 9.59 Å². The second kappa shape index (κ2) is 7.38. The zero-order valence-electron chi connectivity index (χ0n) is 14.0. The molecule has 1 heterocycles. The Morgan fingerprint density at radius 2 is 2.00 bits per heavy atom. The molecule has 3 rings (SSSR count). The number of aromatic amines is 1. The number of carbonyl (C=O) groups excluding carboxylic acids is 1. The van der Waals surface area contributed by atoms with E-state index in [1.54, 1.807) is 12.1 Å². The lowest BCUT2D eigenvalue weighted by Gasteiger charge is -2.16. The summed E-state index contributed by atoms with van der Waals surface area (Å²) in [6, 6.07) is 6.80. The molecule has 1 aliphatic carbocycles. The van der Waals surface area contributed by atoms with Gasteiger partial charge in [0.15, 0.2) is 12.3 Å². The van der Waals surface area contributed by atoms with Crippen molar-refractivity contribution in [2.75, 3.05) is 6.61 Å². The Bertz CT molecular complexity index is 767. The predicted octanol–water partition coefficient (Wildman–Crippen LogP) is 2.24. The minimum Gasteiger partial charge on any atom is -0.482 e. The molecular formula is C18H21N3O4. The van der Waals surface area contributed by atoms with Crippen molar-refractivity contribution in [3.05, 3.63) is 46.8 Å². The van der Waals surface area contributed by atoms with Gasteiger partial charge in [0.05, 0.1) is 6.04 Å². The van der Waals surface area contributed by atoms with Crippen molar-refractivity contribution in [1.29, 1.82) is 0 Å². The topological polar surface area (TPSA) is 104 Å². The summed E-state index contributed by atoms with van der Waals surface area (Å²) in [5.41, 5.74) is 3.50. The van der Waals surface area contributed by atoms with Crippen LogP contribution in [0.15, 0.2) is 24.3 Å². The van der Waals surface area contributed by atoms with E-state index in [0.29, 0.717) is 11.4 Å². The first-order valence-electron chi connectivity index (χ1n) is 8.36. The number of nitrogens with zero attached hydrogens (tertiary/aromatic N) is 1. The molecule has 0 saturated carbocycles. The first kappa shape index (κ1) is 17.0. The van der Waals surface area contributed by atoms with Gasteiger partial charge in [-0.05, 0) is 50.3 Å². The summed E-state index contributed by atoms with van der Waals surface area (Å²) in [6.45, 7) is 1.51. The van der Waals surface area contributed by atoms with Gasteiger partial charge < -0.3 is 15.2 Å². The number of H-pyrrole nitrogens is 1. The third-order valence-electron chi connectivity index (χ3n) is 4.36. The lowest BCUT2D eigenvalue weighted by atomic mass is 9.95. The molecule has 0 saturated heterocycles. The van der Waals surface area contributed by atoms with Gasteiger partial charge in [0, 0.05) is 11.3 Å². The number of aryl methyl sites for hydroxylation is 1. The number of hydrogen-bond donors (Lipinski definition) is 3. The van der Waals surface area contributed by atoms with Crippen LogP contribution in [-0.2, 0) is 17.6 Å². The highest BCUT2D eigenvalue weighted by molar-refractivity contribution is 5.94. The summed E-state index contributed by atoms with van der Waals surface area (Å²) in [4.78, 5) is 23.0. The molecule has 7 nitrogen and oxygen atoms in total. The molecule has 2 aromatic rings. The van der Waals surface area contributed by atoms with Crippen molar-refractivity contribution >= 4 is 11.9 Å². The Hall–Kier alpha value is -2.83. The van der Waals surface area contributed by atoms with Crippen LogP contribution in [0.5, 0.6) is 5.75 Å². The van der Waals surface area contributed by atoms with E-state index < -0.39 is 5.97 Å². The standard InChI is InChI=1S/C18H21N3O4/c1-11(12-6-8-13(9-7-12)25-10-16(22)23)19-18(24)17-14-4-2-3-5-15(14)20-21-17/h6-9,11H,2-5,10H2,1H3,(H,19,24)(H,20,21)(H,22,23). The van der Waals surface area contributed by atoms with Gasteiger partial charge in [-0.1, -0.05) is 12.1 Å². The van der Waals surface area contributed by atoms with Crippen LogP contribution < -0.4 is 10.1 Å². The molecule has 1 aliphatic rings. The molecule has 0 spiro atoms. The molecule has 1 unspecified atom stereocenters. The van der Waals surface area contributed by atoms with E-state index in [-0.39, 0.29) is 18.6 Å². The predicted molar refractivity (Wildman–Crippen MR) is 90.7 cm³/mol. The number of nitrogens with one attached hydrogen (secondary N) is 2. The highest BCUT2D eigenvalue weighted by Gasteiger charge is 2.22. The lowest BCUT2D eigenvalue weighted by molar-refractivity contribution is -0.139. The number of fused-ring (bicyclic) bond motifs is 1. The van der Waals surface area contributed by atoms with Crippen LogP contribution in [0.4, 0.5) is 0 Å². The van der Waals surface area contributed by atoms with Crippen molar-refractivity contribution in [3.8, 4) is 5.75 Å². The molecule has 0 aliphatic heterocycles. The number of rotatable bonds is 6. The number of amides is 1. The van der Waals surface area contributed by atoms with E-state index in [1.165, 1.54) is 0 Å². The Kier molecular flexibility index (Phi) is 5.02. The number of ether oxygens (including phenoxy) is 1. The first-order chi connectivity index (χ1) is 12.0. The fourth-order valence-corrected chi connectivity index (χ4v) is 3.01. The van der Waals surface area contributed by atoms with Crippen molar-refractivity contribution in [1.82, 2.24) is 15.5 Å². The van der Waals surface area contributed by atoms with Crippen molar-refractivity contribution in [2.24, 2.45) is 0 Å². The number of hydrogen-bond acceptors (Lipinski definition) is 4. The van der Waals surface area contributed by atoms with Crippen molar-refractivity contribution in [2.45, 2.75) is 38.6 Å². The average molecular weight is 343 g/mol. The Labute approximate surface area is 145 Å². The molecule has 1 aromatic heterocycles. The SMILES string of the molecule is CC(NC(=O)c1n[nH]c2c1CCCC2)c1ccc(OCC(=O)O)cc1. The summed E-state index contributed by atoms with van der Waals surface area (Å²) in [5.74, 6) is -0.726. The number of carbonyl (C=O) groups is 2. The van der Waals surface area contributed by atoms with Crippen molar-refractivity contribution < 1.29 is 19.4 Å². The van der Waals surface area contributed by atoms with Crippen LogP contribution in [0.3, 0.4) is 0 Å². The van der Waals surface area contributed by atoms with Gasteiger partial charge in [-0.15, -0.1) is 0 Å². The summed E-state index contributed by atoms with van der Waals surface area (Å²) in [6.07, 6.45) is 4.05. The van der Waals surface area contributed by atoms with Gasteiger partial charge in [0.2, 0.25) is 0 Å². The molecule has 0 bridgehead atoms. The monoisotopic (exact) mass is 343 g/mol. The Morgan fingerprint density at radius 3 is 2.72 bits per heavy atom.